The summed E-state index contributed by atoms with van der Waals surface area (Å²) in [5.41, 5.74) is 0. The summed E-state index contributed by atoms with van der Waals surface area (Å²) in [5.74, 6) is 0.892. The Kier molecular flexibility index (Phi) is 6.62. The number of hydrogen-bond donors (Lipinski definition) is 0. The summed E-state index contributed by atoms with van der Waals surface area (Å²) < 4.78 is 5.59. The molecule has 1 aromatic rings. The van der Waals surface area contributed by atoms with Crippen molar-refractivity contribution in [3.05, 3.63) is 42.5 Å². The van der Waals surface area contributed by atoms with Gasteiger partial charge in [0, 0.05) is 6.54 Å². The van der Waals surface area contributed by atoms with Crippen LogP contribution in [0.2, 0.25) is 0 Å². The maximum absolute atomic E-state index is 11.8. The highest BCUT2D eigenvalue weighted by Crippen LogP contribution is 2.08. The highest BCUT2D eigenvalue weighted by atomic mass is 16.5. The largest absolute Gasteiger partial charge is 0.492 e. The third-order valence-electron chi connectivity index (χ3n) is 2.49. The molecule has 0 saturated heterocycles. The van der Waals surface area contributed by atoms with Gasteiger partial charge in [-0.25, -0.2) is 0 Å². The van der Waals surface area contributed by atoms with Crippen LogP contribution in [0, 0.1) is 0 Å². The maximum atomic E-state index is 11.8. The Balaban J connectivity index is 2.40. The number of benzene rings is 1. The summed E-state index contributed by atoms with van der Waals surface area (Å²) in [7, 11) is 0. The monoisotopic (exact) mass is 247 g/mol. The Morgan fingerprint density at radius 3 is 2.61 bits per heavy atom. The van der Waals surface area contributed by atoms with Gasteiger partial charge in [-0.15, -0.1) is 0 Å². The van der Waals surface area contributed by atoms with Crippen molar-refractivity contribution in [2.24, 2.45) is 0 Å². The van der Waals surface area contributed by atoms with E-state index in [1.165, 1.54) is 0 Å². The Bertz CT molecular complexity index is 373. The standard InChI is InChI=1S/C15H21NO2/c1-3-8-15(17)16(11-4-2)12-13-18-14-9-6-5-7-10-14/h3,5-10H,4,11-13H2,1-2H3/b8-3+. The molecule has 0 saturated carbocycles. The van der Waals surface area contributed by atoms with Crippen LogP contribution in [0.25, 0.3) is 0 Å². The van der Waals surface area contributed by atoms with Gasteiger partial charge in [-0.3, -0.25) is 4.79 Å². The molecule has 0 atom stereocenters. The number of amides is 1. The third kappa shape index (κ3) is 5.04. The van der Waals surface area contributed by atoms with Gasteiger partial charge in [0.2, 0.25) is 5.91 Å². The number of hydrogen-bond acceptors (Lipinski definition) is 2. The molecule has 0 unspecified atom stereocenters. The van der Waals surface area contributed by atoms with Gasteiger partial charge in [0.15, 0.2) is 0 Å². The second-order valence-electron chi connectivity index (χ2n) is 3.99. The number of nitrogens with zero attached hydrogens (tertiary/aromatic N) is 1. The second-order valence-corrected chi connectivity index (χ2v) is 3.99. The molecule has 3 nitrogen and oxygen atoms in total. The van der Waals surface area contributed by atoms with Crippen molar-refractivity contribution >= 4 is 5.91 Å². The van der Waals surface area contributed by atoms with E-state index in [9.17, 15) is 4.79 Å². The third-order valence-corrected chi connectivity index (χ3v) is 2.49. The lowest BCUT2D eigenvalue weighted by Gasteiger charge is -2.20. The summed E-state index contributed by atoms with van der Waals surface area (Å²) in [4.78, 5) is 13.6. The van der Waals surface area contributed by atoms with Gasteiger partial charge in [-0.1, -0.05) is 31.2 Å². The average molecular weight is 247 g/mol. The zero-order valence-electron chi connectivity index (χ0n) is 11.1. The van der Waals surface area contributed by atoms with Crippen molar-refractivity contribution in [3.63, 3.8) is 0 Å². The van der Waals surface area contributed by atoms with Crippen LogP contribution < -0.4 is 4.74 Å². The van der Waals surface area contributed by atoms with Crippen LogP contribution in [-0.2, 0) is 4.79 Å². The highest BCUT2D eigenvalue weighted by Gasteiger charge is 2.08. The number of para-hydroxylation sites is 1. The smallest absolute Gasteiger partial charge is 0.246 e. The van der Waals surface area contributed by atoms with Gasteiger partial charge in [-0.05, 0) is 31.6 Å². The van der Waals surface area contributed by atoms with E-state index >= 15 is 0 Å². The van der Waals surface area contributed by atoms with Crippen LogP contribution in [0.1, 0.15) is 20.3 Å². The quantitative estimate of drug-likeness (QED) is 0.693. The molecule has 0 aliphatic heterocycles. The average Bonchev–Trinajstić information content (AvgIpc) is 2.39. The van der Waals surface area contributed by atoms with Crippen molar-refractivity contribution in [1.29, 1.82) is 0 Å². The van der Waals surface area contributed by atoms with Crippen LogP contribution in [0.3, 0.4) is 0 Å². The van der Waals surface area contributed by atoms with E-state index in [-0.39, 0.29) is 5.91 Å². The molecule has 0 aromatic heterocycles. The molecule has 0 heterocycles. The van der Waals surface area contributed by atoms with E-state index in [2.05, 4.69) is 6.92 Å². The second kappa shape index (κ2) is 8.34. The Hall–Kier alpha value is -1.77. The lowest BCUT2D eigenvalue weighted by Crippen LogP contribution is -2.34. The first-order chi connectivity index (χ1) is 8.77. The predicted octanol–water partition coefficient (Wildman–Crippen LogP) is 2.88. The normalized spacial score (nSPS) is 10.6. The number of carbonyl (C=O) groups is 1. The lowest BCUT2D eigenvalue weighted by molar-refractivity contribution is -0.126. The molecular weight excluding hydrogens is 226 g/mol. The van der Waals surface area contributed by atoms with Gasteiger partial charge in [-0.2, -0.15) is 0 Å². The predicted molar refractivity (Wildman–Crippen MR) is 73.6 cm³/mol. The van der Waals surface area contributed by atoms with Crippen molar-refractivity contribution < 1.29 is 9.53 Å². The van der Waals surface area contributed by atoms with Crippen molar-refractivity contribution in [1.82, 2.24) is 4.90 Å². The summed E-state index contributed by atoms with van der Waals surface area (Å²) in [6.07, 6.45) is 4.32. The number of allylic oxidation sites excluding steroid dienone is 1. The SMILES string of the molecule is C/C=C/C(=O)N(CCC)CCOc1ccccc1. The van der Waals surface area contributed by atoms with Crippen molar-refractivity contribution in [2.45, 2.75) is 20.3 Å². The molecule has 0 radical (unpaired) electrons. The maximum Gasteiger partial charge on any atom is 0.246 e. The number of rotatable bonds is 7. The summed E-state index contributed by atoms with van der Waals surface area (Å²) in [6, 6.07) is 9.65. The molecule has 0 bridgehead atoms. The molecule has 0 aliphatic carbocycles. The van der Waals surface area contributed by atoms with Crippen LogP contribution >= 0.6 is 0 Å². The first kappa shape index (κ1) is 14.3. The number of carbonyl (C=O) groups excluding carboxylic acids is 1. The Labute approximate surface area is 109 Å². The van der Waals surface area contributed by atoms with E-state index in [1.54, 1.807) is 12.2 Å². The van der Waals surface area contributed by atoms with Crippen LogP contribution in [0.5, 0.6) is 5.75 Å². The van der Waals surface area contributed by atoms with E-state index in [0.717, 1.165) is 18.7 Å². The van der Waals surface area contributed by atoms with E-state index in [0.29, 0.717) is 13.2 Å². The molecule has 0 spiro atoms. The van der Waals surface area contributed by atoms with Gasteiger partial charge >= 0.3 is 0 Å². The van der Waals surface area contributed by atoms with E-state index < -0.39 is 0 Å². The molecule has 1 rings (SSSR count). The minimum atomic E-state index is 0.0519. The first-order valence-corrected chi connectivity index (χ1v) is 6.37. The van der Waals surface area contributed by atoms with Gasteiger partial charge in [0.1, 0.15) is 12.4 Å². The van der Waals surface area contributed by atoms with E-state index in [4.69, 9.17) is 4.74 Å². The zero-order chi connectivity index (χ0) is 13.2. The lowest BCUT2D eigenvalue weighted by atomic mass is 10.3. The minimum Gasteiger partial charge on any atom is -0.492 e. The van der Waals surface area contributed by atoms with Crippen LogP contribution in [0.4, 0.5) is 0 Å². The molecule has 18 heavy (non-hydrogen) atoms. The first-order valence-electron chi connectivity index (χ1n) is 6.37. The zero-order valence-corrected chi connectivity index (χ0v) is 11.1. The van der Waals surface area contributed by atoms with Crippen LogP contribution in [-0.4, -0.2) is 30.5 Å². The minimum absolute atomic E-state index is 0.0519. The van der Waals surface area contributed by atoms with Crippen LogP contribution in [0.15, 0.2) is 42.5 Å². The fourth-order valence-corrected chi connectivity index (χ4v) is 1.64. The Morgan fingerprint density at radius 2 is 2.00 bits per heavy atom. The summed E-state index contributed by atoms with van der Waals surface area (Å²) >= 11 is 0. The molecule has 3 heteroatoms. The van der Waals surface area contributed by atoms with Gasteiger partial charge < -0.3 is 9.64 Å². The summed E-state index contributed by atoms with van der Waals surface area (Å²) in [6.45, 7) is 5.82. The van der Waals surface area contributed by atoms with Crippen molar-refractivity contribution in [2.75, 3.05) is 19.7 Å². The molecule has 1 amide bonds. The molecular formula is C15H21NO2. The topological polar surface area (TPSA) is 29.5 Å². The highest BCUT2D eigenvalue weighted by molar-refractivity contribution is 5.87. The molecule has 0 N–H and O–H groups in total. The number of ether oxygens (including phenoxy) is 1. The van der Waals surface area contributed by atoms with E-state index in [1.807, 2.05) is 42.2 Å². The van der Waals surface area contributed by atoms with Gasteiger partial charge in [0.05, 0.1) is 6.54 Å². The fraction of sp³-hybridized carbons (Fsp3) is 0.400. The van der Waals surface area contributed by atoms with Crippen molar-refractivity contribution in [3.8, 4) is 5.75 Å². The molecule has 0 fully saturated rings. The molecule has 0 aliphatic rings. The van der Waals surface area contributed by atoms with Gasteiger partial charge in [0.25, 0.3) is 0 Å². The Morgan fingerprint density at radius 1 is 1.28 bits per heavy atom. The summed E-state index contributed by atoms with van der Waals surface area (Å²) in [5, 5.41) is 0. The fourth-order valence-electron chi connectivity index (χ4n) is 1.64. The molecule has 98 valence electrons. The molecule has 1 aromatic carbocycles.